The van der Waals surface area contributed by atoms with Crippen LogP contribution in [0.3, 0.4) is 0 Å². The maximum atomic E-state index is 12.2. The number of carbonyl (C=O) groups is 2. The fraction of sp³-hybridized carbons (Fsp3) is 0.235. The molecule has 0 bridgehead atoms. The van der Waals surface area contributed by atoms with Gasteiger partial charge in [0.05, 0.1) is 10.6 Å². The highest BCUT2D eigenvalue weighted by atomic mass is 35.5. The summed E-state index contributed by atoms with van der Waals surface area (Å²) in [5, 5.41) is 0.251. The standard InChI is InChI=1S/C17H16Cl2N2O3/c1-2-21(10-12-6-4-3-5-7-12)15(22)11-24-17(23)13-8-14(18)16(19)20-9-13/h3-9H,2,10-11H2,1H3. The molecule has 0 N–H and O–H groups in total. The average molecular weight is 367 g/mol. The van der Waals surface area contributed by atoms with Gasteiger partial charge in [0.25, 0.3) is 5.91 Å². The molecule has 1 aromatic heterocycles. The van der Waals surface area contributed by atoms with E-state index in [2.05, 4.69) is 4.98 Å². The van der Waals surface area contributed by atoms with Crippen molar-refractivity contribution in [2.45, 2.75) is 13.5 Å². The van der Waals surface area contributed by atoms with Gasteiger partial charge in [-0.15, -0.1) is 0 Å². The van der Waals surface area contributed by atoms with Crippen molar-refractivity contribution < 1.29 is 14.3 Å². The molecule has 2 rings (SSSR count). The third kappa shape index (κ3) is 4.94. The van der Waals surface area contributed by atoms with E-state index in [0.717, 1.165) is 5.56 Å². The van der Waals surface area contributed by atoms with Crippen molar-refractivity contribution in [3.8, 4) is 0 Å². The first-order valence-corrected chi connectivity index (χ1v) is 8.06. The minimum Gasteiger partial charge on any atom is -0.452 e. The van der Waals surface area contributed by atoms with E-state index >= 15 is 0 Å². The van der Waals surface area contributed by atoms with Crippen molar-refractivity contribution in [3.05, 3.63) is 63.9 Å². The van der Waals surface area contributed by atoms with Gasteiger partial charge in [0, 0.05) is 19.3 Å². The number of pyridine rings is 1. The molecule has 7 heteroatoms. The summed E-state index contributed by atoms with van der Waals surface area (Å²) in [4.78, 5) is 29.5. The zero-order valence-corrected chi connectivity index (χ0v) is 14.5. The lowest BCUT2D eigenvalue weighted by atomic mass is 10.2. The Hall–Kier alpha value is -2.11. The van der Waals surface area contributed by atoms with Gasteiger partial charge in [-0.25, -0.2) is 9.78 Å². The molecular formula is C17H16Cl2N2O3. The number of amides is 1. The first-order valence-electron chi connectivity index (χ1n) is 7.31. The molecule has 0 aliphatic rings. The first-order chi connectivity index (χ1) is 11.5. The summed E-state index contributed by atoms with van der Waals surface area (Å²) in [7, 11) is 0. The zero-order chi connectivity index (χ0) is 17.5. The molecular weight excluding hydrogens is 351 g/mol. The highest BCUT2D eigenvalue weighted by Crippen LogP contribution is 2.20. The van der Waals surface area contributed by atoms with E-state index in [1.54, 1.807) is 4.90 Å². The van der Waals surface area contributed by atoms with Crippen LogP contribution in [0.5, 0.6) is 0 Å². The molecule has 0 radical (unpaired) electrons. The van der Waals surface area contributed by atoms with Gasteiger partial charge in [-0.2, -0.15) is 0 Å². The molecule has 0 spiro atoms. The molecule has 0 saturated heterocycles. The van der Waals surface area contributed by atoms with Gasteiger partial charge >= 0.3 is 5.97 Å². The summed E-state index contributed by atoms with van der Waals surface area (Å²) in [6.45, 7) is 2.49. The SMILES string of the molecule is CCN(Cc1ccccc1)C(=O)COC(=O)c1cnc(Cl)c(Cl)c1. The maximum Gasteiger partial charge on any atom is 0.340 e. The van der Waals surface area contributed by atoms with Crippen LogP contribution in [0.2, 0.25) is 10.2 Å². The molecule has 0 aliphatic heterocycles. The van der Waals surface area contributed by atoms with E-state index in [1.807, 2.05) is 37.3 Å². The number of halogens is 2. The second-order valence-corrected chi connectivity index (χ2v) is 5.73. The van der Waals surface area contributed by atoms with E-state index < -0.39 is 5.97 Å². The Bertz CT molecular complexity index is 723. The molecule has 126 valence electrons. The number of hydrogen-bond acceptors (Lipinski definition) is 4. The summed E-state index contributed by atoms with van der Waals surface area (Å²) in [5.41, 5.74) is 1.15. The summed E-state index contributed by atoms with van der Waals surface area (Å²) >= 11 is 11.5. The highest BCUT2D eigenvalue weighted by molar-refractivity contribution is 6.41. The van der Waals surface area contributed by atoms with Crippen molar-refractivity contribution in [1.29, 1.82) is 0 Å². The predicted octanol–water partition coefficient (Wildman–Crippen LogP) is 3.59. The fourth-order valence-corrected chi connectivity index (χ4v) is 2.28. The lowest BCUT2D eigenvalue weighted by Crippen LogP contribution is -2.34. The molecule has 0 saturated carbocycles. The van der Waals surface area contributed by atoms with Gasteiger partial charge in [0.1, 0.15) is 5.15 Å². The Balaban J connectivity index is 1.93. The number of likely N-dealkylation sites (N-methyl/N-ethyl adjacent to an activating group) is 1. The second-order valence-electron chi connectivity index (χ2n) is 4.97. The van der Waals surface area contributed by atoms with E-state index in [1.165, 1.54) is 12.3 Å². The molecule has 1 heterocycles. The van der Waals surface area contributed by atoms with E-state index in [4.69, 9.17) is 27.9 Å². The Kier molecular flexibility index (Phi) is 6.58. The van der Waals surface area contributed by atoms with Gasteiger partial charge in [-0.3, -0.25) is 4.79 Å². The molecule has 0 fully saturated rings. The zero-order valence-electron chi connectivity index (χ0n) is 13.0. The van der Waals surface area contributed by atoms with Crippen molar-refractivity contribution >= 4 is 35.1 Å². The van der Waals surface area contributed by atoms with Crippen LogP contribution in [-0.4, -0.2) is 34.9 Å². The predicted molar refractivity (Wildman–Crippen MR) is 92.1 cm³/mol. The Morgan fingerprint density at radius 2 is 1.92 bits per heavy atom. The van der Waals surface area contributed by atoms with Crippen molar-refractivity contribution in [2.75, 3.05) is 13.2 Å². The molecule has 0 aliphatic carbocycles. The van der Waals surface area contributed by atoms with Gasteiger partial charge < -0.3 is 9.64 Å². The van der Waals surface area contributed by atoms with Crippen LogP contribution >= 0.6 is 23.2 Å². The number of esters is 1. The van der Waals surface area contributed by atoms with Crippen LogP contribution in [0.15, 0.2) is 42.6 Å². The number of nitrogens with zero attached hydrogens (tertiary/aromatic N) is 2. The van der Waals surface area contributed by atoms with Crippen LogP contribution in [0.25, 0.3) is 0 Å². The first kappa shape index (κ1) is 18.2. The second kappa shape index (κ2) is 8.66. The largest absolute Gasteiger partial charge is 0.452 e. The van der Waals surface area contributed by atoms with E-state index in [9.17, 15) is 9.59 Å². The van der Waals surface area contributed by atoms with E-state index in [0.29, 0.717) is 13.1 Å². The monoisotopic (exact) mass is 366 g/mol. The maximum absolute atomic E-state index is 12.2. The minimum absolute atomic E-state index is 0.101. The van der Waals surface area contributed by atoms with Crippen molar-refractivity contribution in [3.63, 3.8) is 0 Å². The molecule has 1 amide bonds. The topological polar surface area (TPSA) is 59.5 Å². The van der Waals surface area contributed by atoms with E-state index in [-0.39, 0.29) is 28.3 Å². The van der Waals surface area contributed by atoms with Gasteiger partial charge in [-0.05, 0) is 18.6 Å². The van der Waals surface area contributed by atoms with Crippen LogP contribution in [0.1, 0.15) is 22.8 Å². The summed E-state index contributed by atoms with van der Waals surface area (Å²) in [6, 6.07) is 10.9. The summed E-state index contributed by atoms with van der Waals surface area (Å²) in [5.74, 6) is -0.951. The number of aromatic nitrogens is 1. The normalized spacial score (nSPS) is 10.3. The van der Waals surface area contributed by atoms with Gasteiger partial charge in [0.15, 0.2) is 6.61 Å². The number of benzene rings is 1. The number of hydrogen-bond donors (Lipinski definition) is 0. The van der Waals surface area contributed by atoms with Crippen molar-refractivity contribution in [1.82, 2.24) is 9.88 Å². The molecule has 24 heavy (non-hydrogen) atoms. The average Bonchev–Trinajstić information content (AvgIpc) is 2.60. The Morgan fingerprint density at radius 1 is 1.21 bits per heavy atom. The van der Waals surface area contributed by atoms with Crippen LogP contribution in [-0.2, 0) is 16.1 Å². The Labute approximate surface area is 150 Å². The quantitative estimate of drug-likeness (QED) is 0.578. The lowest BCUT2D eigenvalue weighted by Gasteiger charge is -2.20. The molecule has 1 aromatic carbocycles. The van der Waals surface area contributed by atoms with Crippen LogP contribution in [0.4, 0.5) is 0 Å². The number of ether oxygens (including phenoxy) is 1. The smallest absolute Gasteiger partial charge is 0.340 e. The minimum atomic E-state index is -0.676. The van der Waals surface area contributed by atoms with Gasteiger partial charge in [0.2, 0.25) is 0 Å². The fourth-order valence-electron chi connectivity index (χ4n) is 2.01. The van der Waals surface area contributed by atoms with Crippen LogP contribution in [0, 0.1) is 0 Å². The highest BCUT2D eigenvalue weighted by Gasteiger charge is 2.16. The summed E-state index contributed by atoms with van der Waals surface area (Å²) in [6.07, 6.45) is 1.25. The Morgan fingerprint density at radius 3 is 2.54 bits per heavy atom. The lowest BCUT2D eigenvalue weighted by molar-refractivity contribution is -0.134. The number of rotatable bonds is 6. The van der Waals surface area contributed by atoms with Gasteiger partial charge in [-0.1, -0.05) is 53.5 Å². The number of carbonyl (C=O) groups excluding carboxylic acids is 2. The third-order valence-electron chi connectivity index (χ3n) is 3.31. The molecule has 0 atom stereocenters. The van der Waals surface area contributed by atoms with Crippen LogP contribution < -0.4 is 0 Å². The molecule has 5 nitrogen and oxygen atoms in total. The van der Waals surface area contributed by atoms with Crippen molar-refractivity contribution in [2.24, 2.45) is 0 Å². The molecule has 2 aromatic rings. The summed E-state index contributed by atoms with van der Waals surface area (Å²) < 4.78 is 5.03. The third-order valence-corrected chi connectivity index (χ3v) is 4.00. The molecule has 0 unspecified atom stereocenters.